The van der Waals surface area contributed by atoms with Crippen molar-refractivity contribution in [3.63, 3.8) is 0 Å². The molecule has 1 aliphatic carbocycles. The number of aryl methyl sites for hydroxylation is 1. The lowest BCUT2D eigenvalue weighted by Crippen LogP contribution is -2.33. The number of rotatable bonds is 8. The van der Waals surface area contributed by atoms with E-state index in [-0.39, 0.29) is 11.8 Å². The summed E-state index contributed by atoms with van der Waals surface area (Å²) in [6.45, 7) is 4.36. The van der Waals surface area contributed by atoms with Crippen LogP contribution in [0.15, 0.2) is 24.5 Å². The van der Waals surface area contributed by atoms with E-state index in [1.54, 1.807) is 18.3 Å². The summed E-state index contributed by atoms with van der Waals surface area (Å²) < 4.78 is 0. The Balaban J connectivity index is 1.76. The zero-order chi connectivity index (χ0) is 19.1. The Kier molecular flexibility index (Phi) is 6.95. The van der Waals surface area contributed by atoms with Gasteiger partial charge >= 0.3 is 0 Å². The number of fused-ring (bicyclic) bond motifs is 1. The van der Waals surface area contributed by atoms with Gasteiger partial charge in [0.05, 0.1) is 11.1 Å². The number of nitrogens with one attached hydrogen (secondary N) is 3. The van der Waals surface area contributed by atoms with Gasteiger partial charge in [-0.15, -0.1) is 11.3 Å². The van der Waals surface area contributed by atoms with Crippen molar-refractivity contribution in [3.8, 4) is 0 Å². The number of hydrogen-bond donors (Lipinski definition) is 3. The fourth-order valence-electron chi connectivity index (χ4n) is 3.22. The van der Waals surface area contributed by atoms with Crippen LogP contribution in [0.5, 0.6) is 0 Å². The number of aromatic nitrogens is 1. The fourth-order valence-corrected chi connectivity index (χ4v) is 4.50. The van der Waals surface area contributed by atoms with E-state index in [0.717, 1.165) is 50.8 Å². The van der Waals surface area contributed by atoms with Crippen molar-refractivity contribution in [1.29, 1.82) is 0 Å². The average Bonchev–Trinajstić information content (AvgIpc) is 3.06. The molecule has 7 heteroatoms. The van der Waals surface area contributed by atoms with E-state index in [2.05, 4.69) is 27.9 Å². The van der Waals surface area contributed by atoms with Crippen LogP contribution < -0.4 is 16.0 Å². The SMILES string of the molecule is CCCNCCNC(=O)c1c(NC(=O)c2cccnc2)sc2c1CCCC2. The molecule has 0 saturated heterocycles. The third-order valence-electron chi connectivity index (χ3n) is 4.56. The van der Waals surface area contributed by atoms with E-state index < -0.39 is 0 Å². The first-order chi connectivity index (χ1) is 13.2. The molecule has 0 spiro atoms. The van der Waals surface area contributed by atoms with Gasteiger partial charge in [0.2, 0.25) is 0 Å². The van der Waals surface area contributed by atoms with Crippen molar-refractivity contribution in [3.05, 3.63) is 46.1 Å². The first-order valence-corrected chi connectivity index (χ1v) is 10.4. The Morgan fingerprint density at radius 2 is 2.00 bits per heavy atom. The monoisotopic (exact) mass is 386 g/mol. The van der Waals surface area contributed by atoms with Crippen LogP contribution in [0.1, 0.15) is 57.3 Å². The van der Waals surface area contributed by atoms with Crippen LogP contribution in [0.3, 0.4) is 0 Å². The summed E-state index contributed by atoms with van der Waals surface area (Å²) in [5.74, 6) is -0.338. The van der Waals surface area contributed by atoms with Gasteiger partial charge < -0.3 is 16.0 Å². The highest BCUT2D eigenvalue weighted by Gasteiger charge is 2.26. The average molecular weight is 387 g/mol. The molecule has 0 aliphatic heterocycles. The minimum Gasteiger partial charge on any atom is -0.351 e. The Labute approximate surface area is 163 Å². The number of amides is 2. The van der Waals surface area contributed by atoms with E-state index in [4.69, 9.17) is 0 Å². The molecule has 1 aliphatic rings. The number of thiophene rings is 1. The number of carbonyl (C=O) groups is 2. The highest BCUT2D eigenvalue weighted by atomic mass is 32.1. The lowest BCUT2D eigenvalue weighted by Gasteiger charge is -2.13. The minimum absolute atomic E-state index is 0.103. The molecule has 3 rings (SSSR count). The Hall–Kier alpha value is -2.25. The summed E-state index contributed by atoms with van der Waals surface area (Å²) in [4.78, 5) is 30.6. The molecule has 0 fully saturated rings. The van der Waals surface area contributed by atoms with E-state index in [9.17, 15) is 9.59 Å². The highest BCUT2D eigenvalue weighted by molar-refractivity contribution is 7.17. The van der Waals surface area contributed by atoms with Gasteiger partial charge in [-0.2, -0.15) is 0 Å². The second-order valence-electron chi connectivity index (χ2n) is 6.62. The smallest absolute Gasteiger partial charge is 0.257 e. The number of pyridine rings is 1. The summed E-state index contributed by atoms with van der Waals surface area (Å²) in [5.41, 5.74) is 2.23. The van der Waals surface area contributed by atoms with Crippen molar-refractivity contribution in [2.75, 3.05) is 25.0 Å². The van der Waals surface area contributed by atoms with Crippen molar-refractivity contribution < 1.29 is 9.59 Å². The molecular weight excluding hydrogens is 360 g/mol. The van der Waals surface area contributed by atoms with Crippen molar-refractivity contribution >= 4 is 28.2 Å². The van der Waals surface area contributed by atoms with Gasteiger partial charge in [0.1, 0.15) is 5.00 Å². The standard InChI is InChI=1S/C20H26N4O2S/c1-2-9-21-11-12-23-19(26)17-15-7-3-4-8-16(15)27-20(17)24-18(25)14-6-5-10-22-13-14/h5-6,10,13,21H,2-4,7-9,11-12H2,1H3,(H,23,26)(H,24,25). The number of anilines is 1. The van der Waals surface area contributed by atoms with Crippen LogP contribution in [-0.2, 0) is 12.8 Å². The normalized spacial score (nSPS) is 13.1. The molecule has 27 heavy (non-hydrogen) atoms. The zero-order valence-corrected chi connectivity index (χ0v) is 16.5. The summed E-state index contributed by atoms with van der Waals surface area (Å²) in [7, 11) is 0. The molecule has 0 bridgehead atoms. The van der Waals surface area contributed by atoms with Gasteiger partial charge in [0.25, 0.3) is 11.8 Å². The summed E-state index contributed by atoms with van der Waals surface area (Å²) in [6.07, 6.45) is 8.31. The van der Waals surface area contributed by atoms with Crippen LogP contribution in [0, 0.1) is 0 Å². The van der Waals surface area contributed by atoms with Gasteiger partial charge in [-0.3, -0.25) is 14.6 Å². The molecule has 0 aromatic carbocycles. The molecule has 144 valence electrons. The molecule has 0 saturated carbocycles. The minimum atomic E-state index is -0.236. The van der Waals surface area contributed by atoms with E-state index in [1.807, 2.05) is 0 Å². The molecule has 2 heterocycles. The topological polar surface area (TPSA) is 83.1 Å². The predicted octanol–water partition coefficient (Wildman–Crippen LogP) is 3.00. The molecule has 6 nitrogen and oxygen atoms in total. The highest BCUT2D eigenvalue weighted by Crippen LogP contribution is 2.38. The summed E-state index contributed by atoms with van der Waals surface area (Å²) >= 11 is 1.53. The lowest BCUT2D eigenvalue weighted by atomic mass is 9.95. The largest absolute Gasteiger partial charge is 0.351 e. The van der Waals surface area contributed by atoms with Crippen LogP contribution in [0.25, 0.3) is 0 Å². The number of carbonyl (C=O) groups excluding carboxylic acids is 2. The number of hydrogen-bond acceptors (Lipinski definition) is 5. The third kappa shape index (κ3) is 4.93. The molecule has 0 unspecified atom stereocenters. The van der Waals surface area contributed by atoms with E-state index in [1.165, 1.54) is 22.4 Å². The number of nitrogens with zero attached hydrogens (tertiary/aromatic N) is 1. The molecule has 0 radical (unpaired) electrons. The Morgan fingerprint density at radius 1 is 1.15 bits per heavy atom. The molecule has 3 N–H and O–H groups in total. The molecule has 2 aromatic rings. The first kappa shape index (κ1) is 19.5. The summed E-state index contributed by atoms with van der Waals surface area (Å²) in [5, 5.41) is 9.85. The maximum Gasteiger partial charge on any atom is 0.257 e. The van der Waals surface area contributed by atoms with Gasteiger partial charge in [-0.1, -0.05) is 6.92 Å². The lowest BCUT2D eigenvalue weighted by molar-refractivity contribution is 0.0954. The van der Waals surface area contributed by atoms with E-state index >= 15 is 0 Å². The van der Waals surface area contributed by atoms with Gasteiger partial charge in [-0.25, -0.2) is 0 Å². The quantitative estimate of drug-likeness (QED) is 0.609. The molecular formula is C20H26N4O2S. The molecule has 0 atom stereocenters. The van der Waals surface area contributed by atoms with Gasteiger partial charge in [0.15, 0.2) is 0 Å². The predicted molar refractivity (Wildman–Crippen MR) is 109 cm³/mol. The Morgan fingerprint density at radius 3 is 2.78 bits per heavy atom. The van der Waals surface area contributed by atoms with Gasteiger partial charge in [0, 0.05) is 30.4 Å². The van der Waals surface area contributed by atoms with Crippen LogP contribution in [0.4, 0.5) is 5.00 Å². The second-order valence-corrected chi connectivity index (χ2v) is 7.72. The van der Waals surface area contributed by atoms with Crippen LogP contribution in [0.2, 0.25) is 0 Å². The van der Waals surface area contributed by atoms with Crippen molar-refractivity contribution in [2.24, 2.45) is 0 Å². The fraction of sp³-hybridized carbons (Fsp3) is 0.450. The molecule has 2 amide bonds. The van der Waals surface area contributed by atoms with Crippen molar-refractivity contribution in [2.45, 2.75) is 39.0 Å². The maximum absolute atomic E-state index is 12.9. The van der Waals surface area contributed by atoms with Crippen LogP contribution in [-0.4, -0.2) is 36.4 Å². The maximum atomic E-state index is 12.9. The summed E-state index contributed by atoms with van der Waals surface area (Å²) in [6, 6.07) is 3.44. The zero-order valence-electron chi connectivity index (χ0n) is 15.6. The molecule has 2 aromatic heterocycles. The van der Waals surface area contributed by atoms with Crippen molar-refractivity contribution in [1.82, 2.24) is 15.6 Å². The second kappa shape index (κ2) is 9.62. The van der Waals surface area contributed by atoms with Crippen LogP contribution >= 0.6 is 11.3 Å². The van der Waals surface area contributed by atoms with E-state index in [0.29, 0.717) is 22.7 Å². The van der Waals surface area contributed by atoms with Gasteiger partial charge in [-0.05, 0) is 56.3 Å². The first-order valence-electron chi connectivity index (χ1n) is 9.55. The third-order valence-corrected chi connectivity index (χ3v) is 5.77. The Bertz CT molecular complexity index is 789.